The van der Waals surface area contributed by atoms with Gasteiger partial charge in [0, 0.05) is 6.61 Å². The average molecular weight is 295 g/mol. The van der Waals surface area contributed by atoms with Crippen LogP contribution in [0.25, 0.3) is 0 Å². The highest BCUT2D eigenvalue weighted by Gasteiger charge is 2.19. The Kier molecular flexibility index (Phi) is 5.23. The van der Waals surface area contributed by atoms with Crippen molar-refractivity contribution in [3.8, 4) is 5.75 Å². The van der Waals surface area contributed by atoms with Crippen LogP contribution in [0.3, 0.4) is 0 Å². The van der Waals surface area contributed by atoms with Gasteiger partial charge in [-0.25, -0.2) is 4.79 Å². The summed E-state index contributed by atoms with van der Waals surface area (Å²) < 4.78 is 5.13. The summed E-state index contributed by atoms with van der Waals surface area (Å²) in [5.74, 6) is -0.0212. The van der Waals surface area contributed by atoms with Crippen LogP contribution in [-0.4, -0.2) is 28.5 Å². The maximum absolute atomic E-state index is 11.7. The molecule has 0 unspecified atom stereocenters. The molecule has 0 fully saturated rings. The highest BCUT2D eigenvalue weighted by atomic mass is 16.6. The number of hydrogen-bond donors (Lipinski definition) is 3. The van der Waals surface area contributed by atoms with E-state index in [4.69, 9.17) is 4.74 Å². The van der Waals surface area contributed by atoms with Crippen LogP contribution in [0, 0.1) is 5.41 Å². The van der Waals surface area contributed by atoms with Gasteiger partial charge in [0.2, 0.25) is 0 Å². The van der Waals surface area contributed by atoms with E-state index in [9.17, 15) is 15.0 Å². The van der Waals surface area contributed by atoms with E-state index < -0.39 is 11.7 Å². The largest absolute Gasteiger partial charge is 0.506 e. The molecule has 0 saturated heterocycles. The summed E-state index contributed by atoms with van der Waals surface area (Å²) in [7, 11) is 0. The van der Waals surface area contributed by atoms with Crippen LogP contribution >= 0.6 is 0 Å². The summed E-state index contributed by atoms with van der Waals surface area (Å²) in [6.45, 7) is 9.25. The van der Waals surface area contributed by atoms with E-state index in [1.807, 2.05) is 19.9 Å². The molecular weight excluding hydrogens is 270 g/mol. The first-order chi connectivity index (χ1) is 9.52. The molecule has 0 radical (unpaired) electrons. The Bertz CT molecular complexity index is 503. The Morgan fingerprint density at radius 2 is 1.86 bits per heavy atom. The Morgan fingerprint density at radius 3 is 2.33 bits per heavy atom. The number of phenols is 1. The monoisotopic (exact) mass is 295 g/mol. The number of aromatic hydroxyl groups is 1. The molecule has 0 atom stereocenters. The maximum atomic E-state index is 11.7. The smallest absolute Gasteiger partial charge is 0.412 e. The van der Waals surface area contributed by atoms with E-state index in [1.165, 1.54) is 0 Å². The van der Waals surface area contributed by atoms with Gasteiger partial charge in [0.05, 0.1) is 5.69 Å². The molecule has 1 aromatic rings. The zero-order valence-corrected chi connectivity index (χ0v) is 13.4. The first kappa shape index (κ1) is 17.3. The summed E-state index contributed by atoms with van der Waals surface area (Å²) in [5.41, 5.74) is 0.341. The van der Waals surface area contributed by atoms with Gasteiger partial charge in [0.1, 0.15) is 11.4 Å². The molecule has 118 valence electrons. The third kappa shape index (κ3) is 6.04. The second-order valence-corrected chi connectivity index (χ2v) is 6.98. The lowest BCUT2D eigenvalue weighted by molar-refractivity contribution is 0.0635. The van der Waals surface area contributed by atoms with Crippen molar-refractivity contribution in [3.63, 3.8) is 0 Å². The molecule has 1 rings (SSSR count). The van der Waals surface area contributed by atoms with Crippen LogP contribution in [0.5, 0.6) is 5.75 Å². The lowest BCUT2D eigenvalue weighted by atomic mass is 9.86. The molecule has 0 aliphatic carbocycles. The molecule has 5 nitrogen and oxygen atoms in total. The minimum atomic E-state index is -0.610. The van der Waals surface area contributed by atoms with Crippen LogP contribution in [0.4, 0.5) is 10.5 Å². The molecule has 0 aromatic heterocycles. The fourth-order valence-electron chi connectivity index (χ4n) is 1.81. The number of amides is 1. The minimum absolute atomic E-state index is 0.0212. The van der Waals surface area contributed by atoms with E-state index in [0.717, 1.165) is 5.56 Å². The van der Waals surface area contributed by atoms with Crippen molar-refractivity contribution >= 4 is 11.8 Å². The molecule has 0 aliphatic rings. The van der Waals surface area contributed by atoms with Crippen LogP contribution < -0.4 is 5.32 Å². The van der Waals surface area contributed by atoms with E-state index in [0.29, 0.717) is 12.1 Å². The number of carbonyl (C=O) groups excluding carboxylic acids is 1. The van der Waals surface area contributed by atoms with Crippen molar-refractivity contribution in [1.82, 2.24) is 0 Å². The molecule has 0 heterocycles. The van der Waals surface area contributed by atoms with Gasteiger partial charge in [-0.3, -0.25) is 5.32 Å². The molecule has 0 saturated carbocycles. The highest BCUT2D eigenvalue weighted by Crippen LogP contribution is 2.28. The molecule has 0 spiro atoms. The van der Waals surface area contributed by atoms with E-state index in [2.05, 4.69) is 5.32 Å². The molecular formula is C16H25NO4. The van der Waals surface area contributed by atoms with Gasteiger partial charge in [-0.1, -0.05) is 19.9 Å². The number of benzene rings is 1. The number of aliphatic hydroxyl groups excluding tert-OH is 1. The quantitative estimate of drug-likeness (QED) is 0.745. The van der Waals surface area contributed by atoms with Crippen molar-refractivity contribution in [2.45, 2.75) is 46.6 Å². The van der Waals surface area contributed by atoms with Crippen molar-refractivity contribution in [1.29, 1.82) is 0 Å². The molecule has 3 N–H and O–H groups in total. The predicted molar refractivity (Wildman–Crippen MR) is 82.5 cm³/mol. The normalized spacial score (nSPS) is 12.1. The van der Waals surface area contributed by atoms with Gasteiger partial charge in [-0.05, 0) is 50.3 Å². The molecule has 1 amide bonds. The van der Waals surface area contributed by atoms with E-state index in [1.54, 1.807) is 32.9 Å². The fourth-order valence-corrected chi connectivity index (χ4v) is 1.81. The minimum Gasteiger partial charge on any atom is -0.506 e. The molecule has 0 bridgehead atoms. The number of carbonyl (C=O) groups is 1. The summed E-state index contributed by atoms with van der Waals surface area (Å²) in [4.78, 5) is 11.7. The van der Waals surface area contributed by atoms with Crippen LogP contribution in [0.15, 0.2) is 18.2 Å². The Labute approximate surface area is 125 Å². The zero-order valence-electron chi connectivity index (χ0n) is 13.4. The number of rotatable bonds is 4. The number of phenolic OH excluding ortho intramolecular Hbond substituents is 1. The lowest BCUT2D eigenvalue weighted by Gasteiger charge is -2.22. The van der Waals surface area contributed by atoms with Crippen molar-refractivity contribution in [2.24, 2.45) is 5.41 Å². The molecule has 1 aromatic carbocycles. The number of nitrogens with one attached hydrogen (secondary N) is 1. The van der Waals surface area contributed by atoms with Gasteiger partial charge in [0.15, 0.2) is 0 Å². The topological polar surface area (TPSA) is 78.8 Å². The SMILES string of the molecule is CC(C)(CO)Cc1ccc(NC(=O)OC(C)(C)C)c(O)c1. The summed E-state index contributed by atoms with van der Waals surface area (Å²) >= 11 is 0. The molecule has 0 aliphatic heterocycles. The number of aliphatic hydroxyl groups is 1. The van der Waals surface area contributed by atoms with Gasteiger partial charge >= 0.3 is 6.09 Å². The Hall–Kier alpha value is -1.75. The summed E-state index contributed by atoms with van der Waals surface area (Å²) in [6, 6.07) is 5.02. The summed E-state index contributed by atoms with van der Waals surface area (Å²) in [5, 5.41) is 21.8. The Morgan fingerprint density at radius 1 is 1.24 bits per heavy atom. The van der Waals surface area contributed by atoms with Gasteiger partial charge < -0.3 is 14.9 Å². The second-order valence-electron chi connectivity index (χ2n) is 6.98. The van der Waals surface area contributed by atoms with Gasteiger partial charge in [0.25, 0.3) is 0 Å². The average Bonchev–Trinajstić information content (AvgIpc) is 2.30. The number of ether oxygens (including phenoxy) is 1. The predicted octanol–water partition coefficient (Wildman–Crippen LogP) is 3.30. The van der Waals surface area contributed by atoms with E-state index >= 15 is 0 Å². The van der Waals surface area contributed by atoms with Crippen molar-refractivity contribution < 1.29 is 19.7 Å². The second kappa shape index (κ2) is 6.35. The van der Waals surface area contributed by atoms with Crippen molar-refractivity contribution in [3.05, 3.63) is 23.8 Å². The first-order valence-corrected chi connectivity index (χ1v) is 6.95. The molecule has 5 heteroatoms. The Balaban J connectivity index is 2.77. The third-order valence-electron chi connectivity index (χ3n) is 2.81. The number of anilines is 1. The maximum Gasteiger partial charge on any atom is 0.412 e. The third-order valence-corrected chi connectivity index (χ3v) is 2.81. The highest BCUT2D eigenvalue weighted by molar-refractivity contribution is 5.86. The van der Waals surface area contributed by atoms with Crippen LogP contribution in [0.1, 0.15) is 40.2 Å². The van der Waals surface area contributed by atoms with Gasteiger partial charge in [-0.15, -0.1) is 0 Å². The molecule has 21 heavy (non-hydrogen) atoms. The first-order valence-electron chi connectivity index (χ1n) is 6.95. The van der Waals surface area contributed by atoms with Crippen LogP contribution in [0.2, 0.25) is 0 Å². The number of hydrogen-bond acceptors (Lipinski definition) is 4. The van der Waals surface area contributed by atoms with Crippen molar-refractivity contribution in [2.75, 3.05) is 11.9 Å². The standard InChI is InChI=1S/C16H25NO4/c1-15(2,3)21-14(20)17-12-7-6-11(8-13(12)19)9-16(4,5)10-18/h6-8,18-19H,9-10H2,1-5H3,(H,17,20). The van der Waals surface area contributed by atoms with Crippen LogP contribution in [-0.2, 0) is 11.2 Å². The fraction of sp³-hybridized carbons (Fsp3) is 0.562. The van der Waals surface area contributed by atoms with E-state index in [-0.39, 0.29) is 17.8 Å². The lowest BCUT2D eigenvalue weighted by Crippen LogP contribution is -2.27. The zero-order chi connectivity index (χ0) is 16.3. The van der Waals surface area contributed by atoms with Gasteiger partial charge in [-0.2, -0.15) is 0 Å². The summed E-state index contributed by atoms with van der Waals surface area (Å²) in [6.07, 6.45) is 0.0188.